The van der Waals surface area contributed by atoms with Crippen LogP contribution in [0.1, 0.15) is 12.2 Å². The lowest BCUT2D eigenvalue weighted by Gasteiger charge is -2.25. The normalized spacial score (nSPS) is 16.6. The number of hydrogen-bond donors (Lipinski definition) is 1. The van der Waals surface area contributed by atoms with Crippen molar-refractivity contribution < 1.29 is 9.90 Å². The minimum atomic E-state index is -0.753. The molecule has 2 rings (SSSR count). The van der Waals surface area contributed by atoms with Crippen LogP contribution in [0.4, 0.5) is 0 Å². The molecule has 1 aliphatic rings. The predicted octanol–water partition coefficient (Wildman–Crippen LogP) is -0.432. The summed E-state index contributed by atoms with van der Waals surface area (Å²) in [5, 5.41) is 16.3. The maximum absolute atomic E-state index is 10.4. The van der Waals surface area contributed by atoms with E-state index in [2.05, 4.69) is 15.1 Å². The second-order valence-electron chi connectivity index (χ2n) is 3.36. The zero-order valence-electron chi connectivity index (χ0n) is 7.76. The number of carbonyl (C=O) groups is 1. The van der Waals surface area contributed by atoms with Crippen molar-refractivity contribution in [3.05, 3.63) is 12.2 Å². The van der Waals surface area contributed by atoms with Gasteiger partial charge in [0.1, 0.15) is 12.2 Å². The Morgan fingerprint density at radius 3 is 3.21 bits per heavy atom. The maximum atomic E-state index is 10.4. The number of aliphatic carboxylic acids is 1. The lowest BCUT2D eigenvalue weighted by molar-refractivity contribution is -0.137. The summed E-state index contributed by atoms with van der Waals surface area (Å²) >= 11 is 0. The van der Waals surface area contributed by atoms with Crippen molar-refractivity contribution in [1.29, 1.82) is 0 Å². The largest absolute Gasteiger partial charge is 0.481 e. The van der Waals surface area contributed by atoms with Crippen LogP contribution in [0.3, 0.4) is 0 Å². The summed E-state index contributed by atoms with van der Waals surface area (Å²) in [6, 6.07) is 0. The van der Waals surface area contributed by atoms with Gasteiger partial charge in [-0.25, -0.2) is 0 Å². The Morgan fingerprint density at radius 1 is 1.57 bits per heavy atom. The Balaban J connectivity index is 1.91. The average Bonchev–Trinajstić information content (AvgIpc) is 2.61. The molecule has 0 aromatic carbocycles. The van der Waals surface area contributed by atoms with Gasteiger partial charge in [0.15, 0.2) is 0 Å². The molecule has 6 heteroatoms. The van der Waals surface area contributed by atoms with Crippen molar-refractivity contribution in [1.82, 2.24) is 19.7 Å². The van der Waals surface area contributed by atoms with Crippen LogP contribution in [0.2, 0.25) is 0 Å². The highest BCUT2D eigenvalue weighted by Gasteiger charge is 2.17. The highest BCUT2D eigenvalue weighted by Crippen LogP contribution is 2.08. The first kappa shape index (κ1) is 9.14. The van der Waals surface area contributed by atoms with Crippen LogP contribution in [0.5, 0.6) is 0 Å². The summed E-state index contributed by atoms with van der Waals surface area (Å²) in [4.78, 5) is 12.5. The highest BCUT2D eigenvalue weighted by atomic mass is 16.4. The van der Waals surface area contributed by atoms with E-state index in [1.807, 2.05) is 4.57 Å². The second kappa shape index (κ2) is 3.75. The highest BCUT2D eigenvalue weighted by molar-refractivity contribution is 5.66. The fraction of sp³-hybridized carbons (Fsp3) is 0.625. The van der Waals surface area contributed by atoms with E-state index in [0.717, 1.165) is 18.9 Å². The number of rotatable bonds is 3. The molecule has 0 amide bonds. The number of hydrogen-bond acceptors (Lipinski definition) is 4. The fourth-order valence-corrected chi connectivity index (χ4v) is 1.56. The van der Waals surface area contributed by atoms with Gasteiger partial charge < -0.3 is 9.67 Å². The molecule has 0 bridgehead atoms. The molecular weight excluding hydrogens is 184 g/mol. The standard InChI is InChI=1S/C8H12N4O2/c13-8(14)1-2-11-3-4-12-6-9-10-7(12)5-11/h6H,1-5H2,(H,13,14). The van der Waals surface area contributed by atoms with Crippen molar-refractivity contribution in [2.24, 2.45) is 0 Å². The van der Waals surface area contributed by atoms with Crippen molar-refractivity contribution in [2.45, 2.75) is 19.5 Å². The molecule has 14 heavy (non-hydrogen) atoms. The van der Waals surface area contributed by atoms with E-state index < -0.39 is 5.97 Å². The zero-order chi connectivity index (χ0) is 9.97. The third-order valence-electron chi connectivity index (χ3n) is 2.36. The van der Waals surface area contributed by atoms with Gasteiger partial charge in [-0.15, -0.1) is 10.2 Å². The van der Waals surface area contributed by atoms with Crippen molar-refractivity contribution >= 4 is 5.97 Å². The van der Waals surface area contributed by atoms with Gasteiger partial charge in [0.2, 0.25) is 0 Å². The molecule has 76 valence electrons. The van der Waals surface area contributed by atoms with E-state index in [9.17, 15) is 4.79 Å². The van der Waals surface area contributed by atoms with Gasteiger partial charge in [0.25, 0.3) is 0 Å². The smallest absolute Gasteiger partial charge is 0.304 e. The van der Waals surface area contributed by atoms with Gasteiger partial charge in [0, 0.05) is 19.6 Å². The van der Waals surface area contributed by atoms with Crippen LogP contribution in [0.15, 0.2) is 6.33 Å². The fourth-order valence-electron chi connectivity index (χ4n) is 1.56. The molecule has 1 aromatic rings. The Labute approximate surface area is 81.2 Å². The van der Waals surface area contributed by atoms with E-state index in [0.29, 0.717) is 13.1 Å². The first-order valence-corrected chi connectivity index (χ1v) is 4.56. The Kier molecular flexibility index (Phi) is 2.45. The second-order valence-corrected chi connectivity index (χ2v) is 3.36. The molecule has 1 N–H and O–H groups in total. The van der Waals surface area contributed by atoms with Crippen molar-refractivity contribution in [2.75, 3.05) is 13.1 Å². The molecule has 0 fully saturated rings. The van der Waals surface area contributed by atoms with Crippen LogP contribution < -0.4 is 0 Å². The summed E-state index contributed by atoms with van der Waals surface area (Å²) in [7, 11) is 0. The topological polar surface area (TPSA) is 71.2 Å². The number of aromatic nitrogens is 3. The van der Waals surface area contributed by atoms with Crippen molar-refractivity contribution in [3.8, 4) is 0 Å². The molecular formula is C8H12N4O2. The van der Waals surface area contributed by atoms with Gasteiger partial charge >= 0.3 is 5.97 Å². The van der Waals surface area contributed by atoms with Crippen molar-refractivity contribution in [3.63, 3.8) is 0 Å². The number of fused-ring (bicyclic) bond motifs is 1. The van der Waals surface area contributed by atoms with Crippen LogP contribution in [-0.4, -0.2) is 43.8 Å². The van der Waals surface area contributed by atoms with Crippen LogP contribution in [0.25, 0.3) is 0 Å². The summed E-state index contributed by atoms with van der Waals surface area (Å²) in [5.41, 5.74) is 0. The molecule has 2 heterocycles. The Hall–Kier alpha value is -1.43. The third-order valence-corrected chi connectivity index (χ3v) is 2.36. The molecule has 1 aromatic heterocycles. The van der Waals surface area contributed by atoms with Gasteiger partial charge in [-0.2, -0.15) is 0 Å². The molecule has 0 saturated heterocycles. The van der Waals surface area contributed by atoms with Crippen LogP contribution in [0, 0.1) is 0 Å². The molecule has 6 nitrogen and oxygen atoms in total. The van der Waals surface area contributed by atoms with E-state index in [1.54, 1.807) is 6.33 Å². The molecule has 0 unspecified atom stereocenters. The van der Waals surface area contributed by atoms with Crippen LogP contribution in [-0.2, 0) is 17.9 Å². The summed E-state index contributed by atoms with van der Waals surface area (Å²) in [5.74, 6) is 0.165. The van der Waals surface area contributed by atoms with E-state index in [4.69, 9.17) is 5.11 Å². The first-order valence-electron chi connectivity index (χ1n) is 4.56. The van der Waals surface area contributed by atoms with Gasteiger partial charge in [-0.3, -0.25) is 9.69 Å². The number of carboxylic acid groups (broad SMARTS) is 1. The monoisotopic (exact) mass is 196 g/mol. The quantitative estimate of drug-likeness (QED) is 0.710. The average molecular weight is 196 g/mol. The van der Waals surface area contributed by atoms with Crippen LogP contribution >= 0.6 is 0 Å². The first-order chi connectivity index (χ1) is 6.75. The predicted molar refractivity (Wildman–Crippen MR) is 47.6 cm³/mol. The lowest BCUT2D eigenvalue weighted by Crippen LogP contribution is -2.35. The Morgan fingerprint density at radius 2 is 2.43 bits per heavy atom. The SMILES string of the molecule is O=C(O)CCN1CCn2cnnc2C1. The van der Waals surface area contributed by atoms with Gasteiger partial charge in [-0.1, -0.05) is 0 Å². The van der Waals surface area contributed by atoms with E-state index >= 15 is 0 Å². The summed E-state index contributed by atoms with van der Waals surface area (Å²) in [6.07, 6.45) is 1.90. The molecule has 0 atom stereocenters. The van der Waals surface area contributed by atoms with Gasteiger partial charge in [0.05, 0.1) is 13.0 Å². The maximum Gasteiger partial charge on any atom is 0.304 e. The number of nitrogens with zero attached hydrogens (tertiary/aromatic N) is 4. The summed E-state index contributed by atoms with van der Waals surface area (Å²) in [6.45, 7) is 3.01. The molecule has 0 radical (unpaired) electrons. The van der Waals surface area contributed by atoms with E-state index in [1.165, 1.54) is 0 Å². The summed E-state index contributed by atoms with van der Waals surface area (Å²) < 4.78 is 2.00. The number of carboxylic acids is 1. The molecule has 1 aliphatic heterocycles. The third kappa shape index (κ3) is 1.90. The van der Waals surface area contributed by atoms with E-state index in [-0.39, 0.29) is 6.42 Å². The molecule has 0 saturated carbocycles. The molecule has 0 aliphatic carbocycles. The minimum absolute atomic E-state index is 0.189. The minimum Gasteiger partial charge on any atom is -0.481 e. The lowest BCUT2D eigenvalue weighted by atomic mass is 10.3. The Bertz CT molecular complexity index is 336. The molecule has 0 spiro atoms. The zero-order valence-corrected chi connectivity index (χ0v) is 7.76. The van der Waals surface area contributed by atoms with Gasteiger partial charge in [-0.05, 0) is 0 Å².